The van der Waals surface area contributed by atoms with Crippen LogP contribution in [0.25, 0.3) is 5.70 Å². The lowest BCUT2D eigenvalue weighted by Gasteiger charge is -2.23. The maximum atomic E-state index is 11.8. The molecule has 0 aliphatic heterocycles. The van der Waals surface area contributed by atoms with Crippen LogP contribution in [0.5, 0.6) is 0 Å². The van der Waals surface area contributed by atoms with E-state index in [1.165, 1.54) is 0 Å². The fourth-order valence-electron chi connectivity index (χ4n) is 1.95. The molecule has 0 aliphatic rings. The first-order valence-electron chi connectivity index (χ1n) is 6.25. The van der Waals surface area contributed by atoms with Crippen molar-refractivity contribution in [2.75, 3.05) is 0 Å². The average molecular weight is 268 g/mol. The van der Waals surface area contributed by atoms with Gasteiger partial charge in [-0.25, -0.2) is 0 Å². The van der Waals surface area contributed by atoms with E-state index in [4.69, 9.17) is 0 Å². The van der Waals surface area contributed by atoms with Crippen LogP contribution in [0.3, 0.4) is 0 Å². The standard InChI is InChI=1S/C17H17NO.H3N/c1-14(17-11-7-4-8-12-17)18(15(2)19)13-16-9-5-3-6-10-16;/h3-12H,1,13H2,2H3;1H3. The van der Waals surface area contributed by atoms with Crippen molar-refractivity contribution >= 4 is 11.6 Å². The molecule has 0 saturated heterocycles. The van der Waals surface area contributed by atoms with Crippen LogP contribution in [-0.2, 0) is 11.3 Å². The smallest absolute Gasteiger partial charge is 0.224 e. The number of carbonyl (C=O) groups is 1. The Morgan fingerprint density at radius 3 is 2.00 bits per heavy atom. The molecule has 3 nitrogen and oxygen atoms in total. The molecular formula is C17H20N2O. The molecule has 0 spiro atoms. The maximum Gasteiger partial charge on any atom is 0.224 e. The number of hydrogen-bond acceptors (Lipinski definition) is 2. The summed E-state index contributed by atoms with van der Waals surface area (Å²) < 4.78 is 0. The molecule has 0 saturated carbocycles. The molecule has 3 heteroatoms. The second kappa shape index (κ2) is 7.26. The topological polar surface area (TPSA) is 55.3 Å². The van der Waals surface area contributed by atoms with E-state index in [9.17, 15) is 4.79 Å². The molecule has 2 aromatic carbocycles. The van der Waals surface area contributed by atoms with E-state index in [2.05, 4.69) is 6.58 Å². The molecule has 0 heterocycles. The van der Waals surface area contributed by atoms with Crippen molar-refractivity contribution in [2.24, 2.45) is 0 Å². The van der Waals surface area contributed by atoms with Gasteiger partial charge < -0.3 is 11.1 Å². The molecule has 3 N–H and O–H groups in total. The van der Waals surface area contributed by atoms with Crippen molar-refractivity contribution in [1.29, 1.82) is 0 Å². The summed E-state index contributed by atoms with van der Waals surface area (Å²) in [6, 6.07) is 19.7. The van der Waals surface area contributed by atoms with Crippen LogP contribution in [0.15, 0.2) is 67.2 Å². The van der Waals surface area contributed by atoms with Crippen molar-refractivity contribution in [3.8, 4) is 0 Å². The second-order valence-corrected chi connectivity index (χ2v) is 4.40. The van der Waals surface area contributed by atoms with Gasteiger partial charge in [0.1, 0.15) is 0 Å². The number of benzene rings is 2. The number of rotatable bonds is 4. The first kappa shape index (κ1) is 15.7. The summed E-state index contributed by atoms with van der Waals surface area (Å²) in [6.07, 6.45) is 0. The lowest BCUT2D eigenvalue weighted by Crippen LogP contribution is -2.26. The Morgan fingerprint density at radius 2 is 1.50 bits per heavy atom. The summed E-state index contributed by atoms with van der Waals surface area (Å²) >= 11 is 0. The van der Waals surface area contributed by atoms with E-state index in [0.29, 0.717) is 6.54 Å². The lowest BCUT2D eigenvalue weighted by molar-refractivity contribution is -0.126. The average Bonchev–Trinajstić information content (AvgIpc) is 2.46. The van der Waals surface area contributed by atoms with Gasteiger partial charge in [-0.2, -0.15) is 0 Å². The molecule has 104 valence electrons. The molecule has 20 heavy (non-hydrogen) atoms. The molecule has 0 fully saturated rings. The van der Waals surface area contributed by atoms with Gasteiger partial charge in [-0.1, -0.05) is 67.2 Å². The molecule has 0 radical (unpaired) electrons. The molecule has 0 aliphatic carbocycles. The van der Waals surface area contributed by atoms with Gasteiger partial charge in [0.15, 0.2) is 0 Å². The predicted octanol–water partition coefficient (Wildman–Crippen LogP) is 3.87. The van der Waals surface area contributed by atoms with E-state index >= 15 is 0 Å². The van der Waals surface area contributed by atoms with Crippen molar-refractivity contribution in [2.45, 2.75) is 13.5 Å². The summed E-state index contributed by atoms with van der Waals surface area (Å²) in [4.78, 5) is 13.5. The van der Waals surface area contributed by atoms with Crippen molar-refractivity contribution in [3.05, 3.63) is 78.4 Å². The van der Waals surface area contributed by atoms with Gasteiger partial charge >= 0.3 is 0 Å². The van der Waals surface area contributed by atoms with Crippen molar-refractivity contribution < 1.29 is 4.79 Å². The fraction of sp³-hybridized carbons (Fsp3) is 0.118. The zero-order valence-corrected chi connectivity index (χ0v) is 11.8. The molecule has 1 amide bonds. The highest BCUT2D eigenvalue weighted by Crippen LogP contribution is 2.19. The molecular weight excluding hydrogens is 248 g/mol. The van der Waals surface area contributed by atoms with Crippen LogP contribution in [0.2, 0.25) is 0 Å². The van der Waals surface area contributed by atoms with E-state index in [1.54, 1.807) is 11.8 Å². The summed E-state index contributed by atoms with van der Waals surface area (Å²) in [5, 5.41) is 0. The molecule has 0 bridgehead atoms. The molecule has 0 unspecified atom stereocenters. The van der Waals surface area contributed by atoms with Crippen LogP contribution in [0, 0.1) is 0 Å². The van der Waals surface area contributed by atoms with E-state index in [0.717, 1.165) is 16.8 Å². The number of nitrogens with zero attached hydrogens (tertiary/aromatic N) is 1. The molecule has 2 rings (SSSR count). The highest BCUT2D eigenvalue weighted by atomic mass is 16.2. The molecule has 2 aromatic rings. The molecule has 0 atom stereocenters. The Morgan fingerprint density at radius 1 is 1.00 bits per heavy atom. The number of carbonyl (C=O) groups excluding carboxylic acids is 1. The first-order chi connectivity index (χ1) is 9.18. The Hall–Kier alpha value is -2.39. The minimum atomic E-state index is -0.00212. The van der Waals surface area contributed by atoms with Crippen LogP contribution in [0.1, 0.15) is 18.1 Å². The molecule has 0 aromatic heterocycles. The summed E-state index contributed by atoms with van der Waals surface area (Å²) in [5.74, 6) is -0.00212. The number of amides is 1. The van der Waals surface area contributed by atoms with Gasteiger partial charge in [0.25, 0.3) is 0 Å². The third-order valence-corrected chi connectivity index (χ3v) is 3.00. The predicted molar refractivity (Wildman–Crippen MR) is 83.2 cm³/mol. The quantitative estimate of drug-likeness (QED) is 0.915. The van der Waals surface area contributed by atoms with Crippen LogP contribution in [-0.4, -0.2) is 10.8 Å². The van der Waals surface area contributed by atoms with Crippen LogP contribution >= 0.6 is 0 Å². The fourth-order valence-corrected chi connectivity index (χ4v) is 1.95. The zero-order valence-electron chi connectivity index (χ0n) is 11.8. The Labute approximate surface area is 120 Å². The van der Waals surface area contributed by atoms with E-state index in [1.807, 2.05) is 60.7 Å². The van der Waals surface area contributed by atoms with Gasteiger partial charge in [0.2, 0.25) is 5.91 Å². The van der Waals surface area contributed by atoms with E-state index in [-0.39, 0.29) is 12.1 Å². The van der Waals surface area contributed by atoms with Crippen molar-refractivity contribution in [1.82, 2.24) is 11.1 Å². The van der Waals surface area contributed by atoms with Gasteiger partial charge in [-0.05, 0) is 11.1 Å². The summed E-state index contributed by atoms with van der Waals surface area (Å²) in [6.45, 7) is 6.16. The van der Waals surface area contributed by atoms with Gasteiger partial charge in [0.05, 0.1) is 6.54 Å². The first-order valence-corrected chi connectivity index (χ1v) is 6.25. The van der Waals surface area contributed by atoms with Crippen LogP contribution < -0.4 is 6.15 Å². The Kier molecular flexibility index (Phi) is 5.69. The SMILES string of the molecule is C=C(c1ccccc1)N(Cc1ccccc1)C(C)=O.N. The van der Waals surface area contributed by atoms with Gasteiger partial charge in [-0.3, -0.25) is 4.79 Å². The minimum absolute atomic E-state index is 0. The lowest BCUT2D eigenvalue weighted by atomic mass is 10.1. The summed E-state index contributed by atoms with van der Waals surface area (Å²) in [7, 11) is 0. The minimum Gasteiger partial charge on any atom is -0.344 e. The second-order valence-electron chi connectivity index (χ2n) is 4.40. The Balaban J connectivity index is 0.00000200. The third-order valence-electron chi connectivity index (χ3n) is 3.00. The third kappa shape index (κ3) is 3.80. The van der Waals surface area contributed by atoms with E-state index < -0.39 is 0 Å². The largest absolute Gasteiger partial charge is 0.344 e. The number of hydrogen-bond donors (Lipinski definition) is 1. The highest BCUT2D eigenvalue weighted by Gasteiger charge is 2.14. The maximum absolute atomic E-state index is 11.8. The zero-order chi connectivity index (χ0) is 13.7. The Bertz CT molecular complexity index is 564. The van der Waals surface area contributed by atoms with Gasteiger partial charge in [-0.15, -0.1) is 0 Å². The summed E-state index contributed by atoms with van der Waals surface area (Å²) in [5.41, 5.74) is 2.79. The van der Waals surface area contributed by atoms with Crippen molar-refractivity contribution in [3.63, 3.8) is 0 Å². The van der Waals surface area contributed by atoms with Crippen LogP contribution in [0.4, 0.5) is 0 Å². The monoisotopic (exact) mass is 268 g/mol. The highest BCUT2D eigenvalue weighted by molar-refractivity contribution is 5.84. The van der Waals surface area contributed by atoms with Gasteiger partial charge in [0, 0.05) is 12.6 Å². The normalized spacial score (nSPS) is 9.45.